The second-order valence-corrected chi connectivity index (χ2v) is 6.43. The maximum absolute atomic E-state index is 13.3. The molecule has 2 N–H and O–H groups in total. The minimum atomic E-state index is -0.405. The van der Waals surface area contributed by atoms with Gasteiger partial charge in [-0.05, 0) is 29.8 Å². The summed E-state index contributed by atoms with van der Waals surface area (Å²) in [6.45, 7) is 0. The number of rotatable bonds is 7. The van der Waals surface area contributed by atoms with E-state index in [1.807, 2.05) is 6.07 Å². The molecule has 0 heterocycles. The molecular weight excluding hydrogens is 387 g/mol. The van der Waals surface area contributed by atoms with E-state index in [-0.39, 0.29) is 18.2 Å². The summed E-state index contributed by atoms with van der Waals surface area (Å²) in [7, 11) is 2.91. The molecule has 0 aliphatic heterocycles. The lowest BCUT2D eigenvalue weighted by atomic mass is 10.1. The van der Waals surface area contributed by atoms with Crippen molar-refractivity contribution in [2.75, 3.05) is 24.9 Å². The van der Waals surface area contributed by atoms with Crippen LogP contribution in [-0.2, 0) is 11.2 Å². The van der Waals surface area contributed by atoms with Crippen molar-refractivity contribution >= 4 is 23.2 Å². The van der Waals surface area contributed by atoms with Crippen LogP contribution < -0.4 is 20.1 Å². The van der Waals surface area contributed by atoms with E-state index in [1.54, 1.807) is 48.5 Å². The first kappa shape index (κ1) is 20.9. The molecule has 0 atom stereocenters. The molecule has 0 aliphatic rings. The highest BCUT2D eigenvalue weighted by Crippen LogP contribution is 2.36. The van der Waals surface area contributed by atoms with Gasteiger partial charge in [0.2, 0.25) is 5.91 Å². The zero-order valence-corrected chi connectivity index (χ0v) is 16.6. The first-order valence-corrected chi connectivity index (χ1v) is 9.17. The van der Waals surface area contributed by atoms with E-state index in [1.165, 1.54) is 26.4 Å². The van der Waals surface area contributed by atoms with Crippen LogP contribution in [0.3, 0.4) is 0 Å². The molecule has 30 heavy (non-hydrogen) atoms. The van der Waals surface area contributed by atoms with Crippen LogP contribution in [0, 0.1) is 5.82 Å². The Labute approximate surface area is 173 Å². The molecule has 0 unspecified atom stereocenters. The summed E-state index contributed by atoms with van der Waals surface area (Å²) in [6, 6.07) is 17.7. The molecule has 3 aromatic rings. The molecule has 0 spiro atoms. The third-order valence-electron chi connectivity index (χ3n) is 4.33. The minimum absolute atomic E-state index is 0.00424. The van der Waals surface area contributed by atoms with E-state index in [0.717, 1.165) is 0 Å². The normalized spacial score (nSPS) is 10.2. The summed E-state index contributed by atoms with van der Waals surface area (Å²) < 4.78 is 24.1. The quantitative estimate of drug-likeness (QED) is 0.612. The Morgan fingerprint density at radius 3 is 2.07 bits per heavy atom. The number of anilines is 2. The number of nitrogens with one attached hydrogen (secondary N) is 2. The number of amides is 2. The van der Waals surface area contributed by atoms with Gasteiger partial charge in [0, 0.05) is 17.7 Å². The molecule has 2 amide bonds. The topological polar surface area (TPSA) is 76.7 Å². The number of benzene rings is 3. The van der Waals surface area contributed by atoms with Crippen LogP contribution >= 0.6 is 0 Å². The van der Waals surface area contributed by atoms with Crippen LogP contribution in [0.2, 0.25) is 0 Å². The van der Waals surface area contributed by atoms with E-state index < -0.39 is 5.82 Å². The lowest BCUT2D eigenvalue weighted by molar-refractivity contribution is -0.115. The molecule has 0 saturated carbocycles. The molecule has 3 aromatic carbocycles. The van der Waals surface area contributed by atoms with Crippen LogP contribution in [0.25, 0.3) is 0 Å². The molecule has 0 fully saturated rings. The van der Waals surface area contributed by atoms with Gasteiger partial charge in [0.15, 0.2) is 0 Å². The zero-order valence-electron chi connectivity index (χ0n) is 16.6. The van der Waals surface area contributed by atoms with Crippen LogP contribution in [0.1, 0.15) is 15.9 Å². The van der Waals surface area contributed by atoms with Crippen molar-refractivity contribution in [1.29, 1.82) is 0 Å². The third kappa shape index (κ3) is 5.14. The number of ether oxygens (including phenoxy) is 2. The largest absolute Gasteiger partial charge is 0.494 e. The van der Waals surface area contributed by atoms with Gasteiger partial charge in [0.25, 0.3) is 5.91 Å². The lowest BCUT2D eigenvalue weighted by Gasteiger charge is -2.16. The van der Waals surface area contributed by atoms with Crippen molar-refractivity contribution in [3.63, 3.8) is 0 Å². The monoisotopic (exact) mass is 408 g/mol. The zero-order chi connectivity index (χ0) is 21.5. The Hall–Kier alpha value is -3.87. The predicted molar refractivity (Wildman–Crippen MR) is 113 cm³/mol. The van der Waals surface area contributed by atoms with Crippen LogP contribution in [0.15, 0.2) is 66.7 Å². The van der Waals surface area contributed by atoms with Gasteiger partial charge in [-0.3, -0.25) is 9.59 Å². The number of hydrogen-bond acceptors (Lipinski definition) is 4. The van der Waals surface area contributed by atoms with Crippen LogP contribution in [0.4, 0.5) is 15.8 Å². The van der Waals surface area contributed by atoms with E-state index in [2.05, 4.69) is 10.6 Å². The van der Waals surface area contributed by atoms with E-state index in [9.17, 15) is 14.0 Å². The molecular formula is C23H21FN2O4. The van der Waals surface area contributed by atoms with Gasteiger partial charge in [0.05, 0.1) is 32.0 Å². The molecule has 0 aliphatic carbocycles. The maximum atomic E-state index is 13.3. The van der Waals surface area contributed by atoms with Gasteiger partial charge in [0.1, 0.15) is 17.3 Å². The predicted octanol–water partition coefficient (Wildman–Crippen LogP) is 4.28. The van der Waals surface area contributed by atoms with Crippen molar-refractivity contribution in [3.05, 3.63) is 83.7 Å². The second-order valence-electron chi connectivity index (χ2n) is 6.43. The summed E-state index contributed by atoms with van der Waals surface area (Å²) >= 11 is 0. The van der Waals surface area contributed by atoms with Crippen LogP contribution in [0.5, 0.6) is 11.5 Å². The summed E-state index contributed by atoms with van der Waals surface area (Å²) in [5.41, 5.74) is 1.80. The van der Waals surface area contributed by atoms with Crippen molar-refractivity contribution in [1.82, 2.24) is 0 Å². The van der Waals surface area contributed by atoms with E-state index in [4.69, 9.17) is 9.47 Å². The Balaban J connectivity index is 1.80. The standard InChI is InChI=1S/C23H21FN2O4/c1-29-20-14-19(26-23(28)16-8-4-3-5-9-16)21(30-2)13-18(20)25-22(27)12-15-7-6-10-17(24)11-15/h3-11,13-14H,12H2,1-2H3,(H,25,27)(H,26,28). The third-order valence-corrected chi connectivity index (χ3v) is 4.33. The average molecular weight is 408 g/mol. The van der Waals surface area contributed by atoms with Crippen molar-refractivity contribution < 1.29 is 23.5 Å². The molecule has 7 heteroatoms. The average Bonchev–Trinajstić information content (AvgIpc) is 2.74. The Bertz CT molecular complexity index is 1050. The van der Waals surface area contributed by atoms with E-state index in [0.29, 0.717) is 34.0 Å². The molecule has 0 radical (unpaired) electrons. The second kappa shape index (κ2) is 9.56. The SMILES string of the molecule is COc1cc(NC(=O)c2ccccc2)c(OC)cc1NC(=O)Cc1cccc(F)c1. The number of methoxy groups -OCH3 is 2. The number of carbonyl (C=O) groups excluding carboxylic acids is 2. The van der Waals surface area contributed by atoms with Crippen molar-refractivity contribution in [2.24, 2.45) is 0 Å². The summed E-state index contributed by atoms with van der Waals surface area (Å²) in [5, 5.41) is 5.52. The van der Waals surface area contributed by atoms with Gasteiger partial charge in [-0.15, -0.1) is 0 Å². The fraction of sp³-hybridized carbons (Fsp3) is 0.130. The Morgan fingerprint density at radius 2 is 1.47 bits per heavy atom. The van der Waals surface area contributed by atoms with Gasteiger partial charge in [-0.25, -0.2) is 4.39 Å². The highest BCUT2D eigenvalue weighted by molar-refractivity contribution is 6.05. The first-order chi connectivity index (χ1) is 14.5. The molecule has 3 rings (SSSR count). The Kier molecular flexibility index (Phi) is 6.64. The molecule has 0 bridgehead atoms. The van der Waals surface area contributed by atoms with Gasteiger partial charge < -0.3 is 20.1 Å². The van der Waals surface area contributed by atoms with E-state index >= 15 is 0 Å². The molecule has 0 aromatic heterocycles. The summed E-state index contributed by atoms with van der Waals surface area (Å²) in [4.78, 5) is 24.9. The van der Waals surface area contributed by atoms with Crippen molar-refractivity contribution in [3.8, 4) is 11.5 Å². The maximum Gasteiger partial charge on any atom is 0.255 e. The first-order valence-electron chi connectivity index (χ1n) is 9.17. The molecule has 154 valence electrons. The van der Waals surface area contributed by atoms with Crippen molar-refractivity contribution in [2.45, 2.75) is 6.42 Å². The highest BCUT2D eigenvalue weighted by atomic mass is 19.1. The lowest BCUT2D eigenvalue weighted by Crippen LogP contribution is -2.16. The van der Waals surface area contributed by atoms with Crippen LogP contribution in [-0.4, -0.2) is 26.0 Å². The smallest absolute Gasteiger partial charge is 0.255 e. The van der Waals surface area contributed by atoms with Gasteiger partial charge >= 0.3 is 0 Å². The summed E-state index contributed by atoms with van der Waals surface area (Å²) in [5.74, 6) is -0.369. The number of carbonyl (C=O) groups is 2. The fourth-order valence-corrected chi connectivity index (χ4v) is 2.90. The van der Waals surface area contributed by atoms with Gasteiger partial charge in [-0.2, -0.15) is 0 Å². The van der Waals surface area contributed by atoms with Gasteiger partial charge in [-0.1, -0.05) is 30.3 Å². The fourth-order valence-electron chi connectivity index (χ4n) is 2.90. The number of halogens is 1. The highest BCUT2D eigenvalue weighted by Gasteiger charge is 2.16. The minimum Gasteiger partial charge on any atom is -0.494 e. The molecule has 0 saturated heterocycles. The molecule has 6 nitrogen and oxygen atoms in total. The Morgan fingerprint density at radius 1 is 0.833 bits per heavy atom. The summed E-state index contributed by atoms with van der Waals surface area (Å²) in [6.07, 6.45) is -0.00424. The number of hydrogen-bond donors (Lipinski definition) is 2.